The van der Waals surface area contributed by atoms with Gasteiger partial charge in [-0.3, -0.25) is 24.0 Å². The maximum atomic E-state index is 12.9. The second-order valence-corrected chi connectivity index (χ2v) is 8.87. The highest BCUT2D eigenvalue weighted by Gasteiger charge is 2.47. The summed E-state index contributed by atoms with van der Waals surface area (Å²) in [7, 11) is 0. The lowest BCUT2D eigenvalue weighted by Crippen LogP contribution is -2.66. The van der Waals surface area contributed by atoms with E-state index in [1.54, 1.807) is 13.8 Å². The summed E-state index contributed by atoms with van der Waals surface area (Å²) in [6.45, 7) is 5.89. The monoisotopic (exact) mass is 519 g/mol. The molecule has 1 rings (SSSR count). The van der Waals surface area contributed by atoms with Crippen LogP contribution < -0.4 is 27.0 Å². The topological polar surface area (TPSA) is 239 Å². The molecule has 1 heterocycles. The number of hydrogen-bond donors (Lipinski definition) is 8. The molecule has 15 heteroatoms. The lowest BCUT2D eigenvalue weighted by molar-refractivity contribution is -0.281. The molecule has 36 heavy (non-hydrogen) atoms. The number of hydrogen-bond acceptors (Lipinski definition) is 10. The largest absolute Gasteiger partial charge is 0.394 e. The Morgan fingerprint density at radius 3 is 2.03 bits per heavy atom. The molecule has 9 N–H and O–H groups in total. The molecule has 0 saturated carbocycles. The lowest BCUT2D eigenvalue weighted by Gasteiger charge is -2.43. The minimum atomic E-state index is -1.60. The molecule has 0 unspecified atom stereocenters. The molecule has 206 valence electrons. The summed E-state index contributed by atoms with van der Waals surface area (Å²) in [6, 6.07) is -3.75. The molecular formula is C21H37N5O10. The van der Waals surface area contributed by atoms with E-state index in [2.05, 4.69) is 21.3 Å². The molecule has 15 nitrogen and oxygen atoms in total. The number of nitrogens with two attached hydrogens (primary N) is 1. The van der Waals surface area contributed by atoms with Crippen LogP contribution in [0.15, 0.2) is 0 Å². The first-order valence-corrected chi connectivity index (χ1v) is 11.4. The fourth-order valence-corrected chi connectivity index (χ4v) is 3.55. The number of carbonyl (C=O) groups is 5. The molecule has 0 aromatic heterocycles. The molecule has 1 aliphatic rings. The van der Waals surface area contributed by atoms with Crippen LogP contribution in [0.3, 0.4) is 0 Å². The Morgan fingerprint density at radius 2 is 1.56 bits per heavy atom. The van der Waals surface area contributed by atoms with E-state index in [0.717, 1.165) is 6.92 Å². The number of aliphatic hydroxyl groups excluding tert-OH is 3. The maximum absolute atomic E-state index is 12.9. The van der Waals surface area contributed by atoms with Crippen LogP contribution >= 0.6 is 0 Å². The van der Waals surface area contributed by atoms with Gasteiger partial charge < -0.3 is 51.8 Å². The summed E-state index contributed by atoms with van der Waals surface area (Å²) >= 11 is 0. The SMILES string of the molecule is CC(=O)N[C@H]1[C@H](O[C@H](C)[C@H](NC(=O)[C@@H](NC(C)=O)C(C)C)C(=O)NCC(N)=O)O[C@H](CO)[C@@H](O)[C@@H]1O. The number of carbonyl (C=O) groups excluding carboxylic acids is 5. The van der Waals surface area contributed by atoms with Gasteiger partial charge in [0.1, 0.15) is 36.4 Å². The van der Waals surface area contributed by atoms with Gasteiger partial charge >= 0.3 is 0 Å². The second-order valence-electron chi connectivity index (χ2n) is 8.87. The van der Waals surface area contributed by atoms with E-state index in [-0.39, 0.29) is 5.92 Å². The zero-order chi connectivity index (χ0) is 27.7. The lowest BCUT2D eigenvalue weighted by atomic mass is 9.96. The van der Waals surface area contributed by atoms with E-state index in [0.29, 0.717) is 0 Å². The van der Waals surface area contributed by atoms with Gasteiger partial charge in [-0.05, 0) is 12.8 Å². The van der Waals surface area contributed by atoms with Crippen molar-refractivity contribution in [3.05, 3.63) is 0 Å². The Morgan fingerprint density at radius 1 is 0.944 bits per heavy atom. The third-order valence-electron chi connectivity index (χ3n) is 5.39. The first kappa shape index (κ1) is 31.2. The van der Waals surface area contributed by atoms with Crippen molar-refractivity contribution in [3.8, 4) is 0 Å². The summed E-state index contributed by atoms with van der Waals surface area (Å²) in [4.78, 5) is 60.1. The molecule has 0 radical (unpaired) electrons. The number of rotatable bonds is 12. The van der Waals surface area contributed by atoms with E-state index in [4.69, 9.17) is 15.2 Å². The van der Waals surface area contributed by atoms with Gasteiger partial charge in [-0.15, -0.1) is 0 Å². The van der Waals surface area contributed by atoms with Crippen molar-refractivity contribution in [1.29, 1.82) is 0 Å². The Bertz CT molecular complexity index is 810. The second kappa shape index (κ2) is 14.0. The van der Waals surface area contributed by atoms with Crippen LogP contribution in [0.5, 0.6) is 0 Å². The molecule has 0 spiro atoms. The minimum Gasteiger partial charge on any atom is -0.394 e. The van der Waals surface area contributed by atoms with Gasteiger partial charge in [-0.1, -0.05) is 13.8 Å². The summed E-state index contributed by atoms with van der Waals surface area (Å²) in [6.07, 6.45) is -7.10. The molecule has 1 saturated heterocycles. The fourth-order valence-electron chi connectivity index (χ4n) is 3.55. The highest BCUT2D eigenvalue weighted by Crippen LogP contribution is 2.24. The van der Waals surface area contributed by atoms with Crippen molar-refractivity contribution in [1.82, 2.24) is 21.3 Å². The van der Waals surface area contributed by atoms with Gasteiger partial charge in [0.05, 0.1) is 19.3 Å². The molecule has 1 aliphatic heterocycles. The average Bonchev–Trinajstić information content (AvgIpc) is 2.78. The molecule has 0 aromatic rings. The molecule has 5 amide bonds. The first-order chi connectivity index (χ1) is 16.7. The molecule has 1 fully saturated rings. The molecular weight excluding hydrogens is 482 g/mol. The number of ether oxygens (including phenoxy) is 2. The van der Waals surface area contributed by atoms with Crippen LogP contribution in [0.25, 0.3) is 0 Å². The van der Waals surface area contributed by atoms with Crippen LogP contribution in [-0.2, 0) is 33.4 Å². The maximum Gasteiger partial charge on any atom is 0.245 e. The summed E-state index contributed by atoms with van der Waals surface area (Å²) in [5.41, 5.74) is 5.08. The van der Waals surface area contributed by atoms with Crippen LogP contribution in [0.1, 0.15) is 34.6 Å². The van der Waals surface area contributed by atoms with Crippen molar-refractivity contribution in [2.45, 2.75) is 83.5 Å². The van der Waals surface area contributed by atoms with Gasteiger partial charge in [0.15, 0.2) is 6.29 Å². The zero-order valence-corrected chi connectivity index (χ0v) is 20.9. The van der Waals surface area contributed by atoms with Crippen molar-refractivity contribution >= 4 is 29.5 Å². The number of nitrogens with one attached hydrogen (secondary N) is 4. The first-order valence-electron chi connectivity index (χ1n) is 11.4. The summed E-state index contributed by atoms with van der Waals surface area (Å²) in [5, 5.41) is 39.7. The zero-order valence-electron chi connectivity index (χ0n) is 20.9. The smallest absolute Gasteiger partial charge is 0.245 e. The van der Waals surface area contributed by atoms with Gasteiger partial charge in [0.25, 0.3) is 0 Å². The minimum absolute atomic E-state index is 0.354. The highest BCUT2D eigenvalue weighted by molar-refractivity contribution is 5.93. The normalized spacial score (nSPS) is 26.3. The molecule has 0 bridgehead atoms. The van der Waals surface area contributed by atoms with E-state index in [9.17, 15) is 39.3 Å². The Hall–Kier alpha value is -2.85. The van der Waals surface area contributed by atoms with Crippen LogP contribution in [-0.4, -0.2) is 107 Å². The average molecular weight is 520 g/mol. The van der Waals surface area contributed by atoms with Crippen LogP contribution in [0.4, 0.5) is 0 Å². The molecule has 8 atom stereocenters. The standard InChI is InChI=1S/C21H37N5O10/c1-8(2)14(24-10(4)28)20(34)26-15(19(33)23-6-13(22)30)9(3)35-21-16(25-11(5)29)18(32)17(31)12(7-27)36-21/h8-9,12,14-18,21,27,31-32H,6-7H2,1-5H3,(H2,22,30)(H,23,33)(H,24,28)(H,25,29)(H,26,34)/t9-,12-,14+,15+,16-,17-,18-,21-/m1/s1. The highest BCUT2D eigenvalue weighted by atomic mass is 16.7. The number of primary amides is 1. The van der Waals surface area contributed by atoms with Crippen molar-refractivity contribution in [2.75, 3.05) is 13.2 Å². The van der Waals surface area contributed by atoms with Crippen LogP contribution in [0.2, 0.25) is 0 Å². The molecule has 0 aliphatic carbocycles. The predicted octanol–water partition coefficient (Wildman–Crippen LogP) is -4.42. The predicted molar refractivity (Wildman–Crippen MR) is 122 cm³/mol. The Balaban J connectivity index is 3.21. The van der Waals surface area contributed by atoms with Crippen LogP contribution in [0, 0.1) is 5.92 Å². The fraction of sp³-hybridized carbons (Fsp3) is 0.762. The Kier molecular flexibility index (Phi) is 12.2. The van der Waals surface area contributed by atoms with Gasteiger partial charge in [0.2, 0.25) is 29.5 Å². The van der Waals surface area contributed by atoms with E-state index < -0.39 is 91.5 Å². The molecule has 0 aromatic carbocycles. The number of aliphatic hydroxyl groups is 3. The Labute approximate surface area is 208 Å². The van der Waals surface area contributed by atoms with Gasteiger partial charge in [-0.25, -0.2) is 0 Å². The third kappa shape index (κ3) is 8.98. The number of amides is 5. The summed E-state index contributed by atoms with van der Waals surface area (Å²) in [5.74, 6) is -3.83. The van der Waals surface area contributed by atoms with Crippen molar-refractivity contribution in [3.63, 3.8) is 0 Å². The quantitative estimate of drug-likeness (QED) is 0.123. The van der Waals surface area contributed by atoms with E-state index in [1.165, 1.54) is 13.8 Å². The van der Waals surface area contributed by atoms with Crippen molar-refractivity contribution in [2.24, 2.45) is 11.7 Å². The van der Waals surface area contributed by atoms with Crippen molar-refractivity contribution < 1.29 is 48.8 Å². The summed E-state index contributed by atoms with van der Waals surface area (Å²) < 4.78 is 11.3. The van der Waals surface area contributed by atoms with Gasteiger partial charge in [-0.2, -0.15) is 0 Å². The van der Waals surface area contributed by atoms with Gasteiger partial charge in [0, 0.05) is 13.8 Å². The van der Waals surface area contributed by atoms with E-state index in [1.807, 2.05) is 0 Å². The third-order valence-corrected chi connectivity index (χ3v) is 5.39. The van der Waals surface area contributed by atoms with E-state index >= 15 is 0 Å².